The number of rotatable bonds is 4. The molecule has 282 valence electrons. The van der Waals surface area contributed by atoms with Gasteiger partial charge in [0.1, 0.15) is 0 Å². The molecule has 10 aromatic rings. The lowest BCUT2D eigenvalue weighted by Gasteiger charge is -2.32. The molecule has 1 heterocycles. The summed E-state index contributed by atoms with van der Waals surface area (Å²) in [5.41, 5.74) is 21.6. The molecule has 0 amide bonds. The Morgan fingerprint density at radius 3 is 1.62 bits per heavy atom. The van der Waals surface area contributed by atoms with Crippen molar-refractivity contribution in [1.29, 1.82) is 0 Å². The van der Waals surface area contributed by atoms with E-state index in [1.54, 1.807) is 0 Å². The molecule has 0 aliphatic heterocycles. The Morgan fingerprint density at radius 1 is 0.383 bits per heavy atom. The highest BCUT2D eigenvalue weighted by Crippen LogP contribution is 2.63. The van der Waals surface area contributed by atoms with Crippen LogP contribution in [0.25, 0.3) is 64.7 Å². The van der Waals surface area contributed by atoms with Crippen molar-refractivity contribution >= 4 is 48.6 Å². The monoisotopic (exact) mass is 781 g/mol. The molecular formula is C58H39NS. The summed E-state index contributed by atoms with van der Waals surface area (Å²) in [6, 6.07) is 75.4. The summed E-state index contributed by atoms with van der Waals surface area (Å²) in [5.74, 6) is 0. The van der Waals surface area contributed by atoms with E-state index in [1.807, 2.05) is 11.3 Å². The fourth-order valence-electron chi connectivity index (χ4n) is 11.5. The van der Waals surface area contributed by atoms with Gasteiger partial charge >= 0.3 is 0 Å². The third-order valence-corrected chi connectivity index (χ3v) is 15.1. The number of benzene rings is 9. The van der Waals surface area contributed by atoms with E-state index in [4.69, 9.17) is 0 Å². The minimum absolute atomic E-state index is 0.127. The van der Waals surface area contributed by atoms with Crippen molar-refractivity contribution in [3.8, 4) is 44.5 Å². The van der Waals surface area contributed by atoms with Crippen molar-refractivity contribution in [1.82, 2.24) is 0 Å². The van der Waals surface area contributed by atoms with Gasteiger partial charge in [0.2, 0.25) is 0 Å². The Kier molecular flexibility index (Phi) is 6.94. The van der Waals surface area contributed by atoms with Crippen molar-refractivity contribution in [3.05, 3.63) is 234 Å². The Labute approximate surface area is 354 Å². The van der Waals surface area contributed by atoms with E-state index in [-0.39, 0.29) is 5.41 Å². The zero-order valence-corrected chi connectivity index (χ0v) is 34.2. The van der Waals surface area contributed by atoms with Crippen LogP contribution < -0.4 is 4.90 Å². The highest BCUT2D eigenvalue weighted by Gasteiger charge is 2.51. The molecule has 0 fully saturated rings. The summed E-state index contributed by atoms with van der Waals surface area (Å²) in [5, 5.41) is 2.59. The molecule has 0 atom stereocenters. The van der Waals surface area contributed by atoms with Crippen LogP contribution >= 0.6 is 11.3 Å². The fourth-order valence-corrected chi connectivity index (χ4v) is 12.7. The minimum Gasteiger partial charge on any atom is -0.309 e. The van der Waals surface area contributed by atoms with Gasteiger partial charge in [0, 0.05) is 32.3 Å². The van der Waals surface area contributed by atoms with E-state index in [0.29, 0.717) is 0 Å². The Balaban J connectivity index is 1.08. The first kappa shape index (κ1) is 33.9. The van der Waals surface area contributed by atoms with Gasteiger partial charge in [0.25, 0.3) is 0 Å². The molecule has 2 heteroatoms. The van der Waals surface area contributed by atoms with Crippen LogP contribution in [0.3, 0.4) is 0 Å². The Hall–Kier alpha value is -7.00. The molecule has 1 aromatic heterocycles. The standard InChI is InChI=1S/C58H39NS/c1-57(2)48-26-8-3-21-43(48)46-24-14-23-39(55(46)57)36-16-13-17-37(34-36)59(53-30-15-25-47-45-22-7-12-31-54(45)60-56(47)53)38-32-33-44-42-20-6-11-29-51(42)58(52(44)35-38)49-27-9-4-18-40(49)41-19-5-10-28-50(41)58/h3-35H,1-2H3. The van der Waals surface area contributed by atoms with Crippen molar-refractivity contribution in [3.63, 3.8) is 0 Å². The highest BCUT2D eigenvalue weighted by molar-refractivity contribution is 7.26. The van der Waals surface area contributed by atoms with Crippen LogP contribution in [-0.4, -0.2) is 0 Å². The summed E-state index contributed by atoms with van der Waals surface area (Å²) < 4.78 is 2.59. The molecule has 0 saturated carbocycles. The number of fused-ring (bicyclic) bond motifs is 16. The number of anilines is 3. The molecule has 0 N–H and O–H groups in total. The molecule has 3 aliphatic rings. The van der Waals surface area contributed by atoms with E-state index < -0.39 is 5.41 Å². The van der Waals surface area contributed by atoms with E-state index in [2.05, 4.69) is 219 Å². The molecule has 1 nitrogen and oxygen atoms in total. The number of nitrogens with zero attached hydrogens (tertiary/aromatic N) is 1. The largest absolute Gasteiger partial charge is 0.309 e. The SMILES string of the molecule is CC1(C)c2ccccc2-c2cccc(-c3cccc(N(c4ccc5c(c4)C4(c6ccccc6-c6ccccc64)c4ccccc4-5)c4cccc5c4sc4ccccc45)c3)c21. The predicted molar refractivity (Wildman–Crippen MR) is 253 cm³/mol. The fraction of sp³-hybridized carbons (Fsp3) is 0.0690. The van der Waals surface area contributed by atoms with Gasteiger partial charge in [-0.2, -0.15) is 0 Å². The molecule has 0 saturated heterocycles. The van der Waals surface area contributed by atoms with Crippen molar-refractivity contribution in [2.24, 2.45) is 0 Å². The van der Waals surface area contributed by atoms with Gasteiger partial charge in [-0.15, -0.1) is 11.3 Å². The summed E-state index contributed by atoms with van der Waals surface area (Å²) in [6.45, 7) is 4.77. The second kappa shape index (κ2) is 12.3. The van der Waals surface area contributed by atoms with Crippen LogP contribution in [0, 0.1) is 0 Å². The number of hydrogen-bond donors (Lipinski definition) is 0. The molecule has 0 bridgehead atoms. The summed E-state index contributed by atoms with van der Waals surface area (Å²) in [7, 11) is 0. The summed E-state index contributed by atoms with van der Waals surface area (Å²) >= 11 is 1.89. The van der Waals surface area contributed by atoms with Crippen molar-refractivity contribution in [2.45, 2.75) is 24.7 Å². The zero-order chi connectivity index (χ0) is 39.7. The zero-order valence-electron chi connectivity index (χ0n) is 33.4. The molecule has 1 spiro atoms. The van der Waals surface area contributed by atoms with Crippen LogP contribution in [0.1, 0.15) is 47.2 Å². The first-order valence-electron chi connectivity index (χ1n) is 21.0. The molecule has 0 unspecified atom stereocenters. The normalized spacial score (nSPS) is 14.4. The smallest absolute Gasteiger partial charge is 0.0726 e. The summed E-state index contributed by atoms with van der Waals surface area (Å²) in [4.78, 5) is 2.54. The van der Waals surface area contributed by atoms with E-state index in [1.165, 1.54) is 104 Å². The predicted octanol–water partition coefficient (Wildman–Crippen LogP) is 15.8. The third-order valence-electron chi connectivity index (χ3n) is 13.9. The second-order valence-corrected chi connectivity index (χ2v) is 18.2. The van der Waals surface area contributed by atoms with Crippen LogP contribution in [0.4, 0.5) is 17.1 Å². The lowest BCUT2D eigenvalue weighted by Crippen LogP contribution is -2.26. The van der Waals surface area contributed by atoms with Gasteiger partial charge in [-0.05, 0) is 114 Å². The quantitative estimate of drug-likeness (QED) is 0.172. The van der Waals surface area contributed by atoms with Crippen molar-refractivity contribution in [2.75, 3.05) is 4.90 Å². The van der Waals surface area contributed by atoms with E-state index in [0.717, 1.165) is 11.4 Å². The maximum Gasteiger partial charge on any atom is 0.0726 e. The molecule has 3 aliphatic carbocycles. The highest BCUT2D eigenvalue weighted by atomic mass is 32.1. The summed E-state index contributed by atoms with van der Waals surface area (Å²) in [6.07, 6.45) is 0. The van der Waals surface area contributed by atoms with Gasteiger partial charge in [-0.25, -0.2) is 0 Å². The van der Waals surface area contributed by atoms with Gasteiger partial charge in [0.05, 0.1) is 15.8 Å². The van der Waals surface area contributed by atoms with Crippen LogP contribution in [0.15, 0.2) is 200 Å². The lowest BCUT2D eigenvalue weighted by molar-refractivity contribution is 0.662. The lowest BCUT2D eigenvalue weighted by atomic mass is 9.70. The van der Waals surface area contributed by atoms with Crippen molar-refractivity contribution < 1.29 is 0 Å². The van der Waals surface area contributed by atoms with Gasteiger partial charge in [-0.3, -0.25) is 0 Å². The van der Waals surface area contributed by atoms with Gasteiger partial charge < -0.3 is 4.90 Å². The molecule has 9 aromatic carbocycles. The van der Waals surface area contributed by atoms with Crippen LogP contribution in [0.5, 0.6) is 0 Å². The molecule has 60 heavy (non-hydrogen) atoms. The topological polar surface area (TPSA) is 3.24 Å². The number of hydrogen-bond acceptors (Lipinski definition) is 2. The van der Waals surface area contributed by atoms with E-state index in [9.17, 15) is 0 Å². The average Bonchev–Trinajstić information content (AvgIpc) is 3.99. The first-order valence-corrected chi connectivity index (χ1v) is 21.8. The maximum absolute atomic E-state index is 2.54. The molecular weight excluding hydrogens is 743 g/mol. The molecule has 13 rings (SSSR count). The van der Waals surface area contributed by atoms with Gasteiger partial charge in [0.15, 0.2) is 0 Å². The number of thiophene rings is 1. The maximum atomic E-state index is 2.54. The van der Waals surface area contributed by atoms with E-state index >= 15 is 0 Å². The van der Waals surface area contributed by atoms with Gasteiger partial charge in [-0.1, -0.05) is 178 Å². The second-order valence-electron chi connectivity index (χ2n) is 17.2. The third kappa shape index (κ3) is 4.36. The van der Waals surface area contributed by atoms with Crippen LogP contribution in [0.2, 0.25) is 0 Å². The molecule has 0 radical (unpaired) electrons. The first-order chi connectivity index (χ1) is 29.5. The van der Waals surface area contributed by atoms with Crippen LogP contribution in [-0.2, 0) is 10.8 Å². The minimum atomic E-state index is -0.433. The Morgan fingerprint density at radius 2 is 0.900 bits per heavy atom. The Bertz CT molecular complexity index is 3370. The average molecular weight is 782 g/mol.